The molecule has 1 fully saturated rings. The summed E-state index contributed by atoms with van der Waals surface area (Å²) < 4.78 is 33.0. The number of carbonyl (C=O) groups excluding carboxylic acids is 1. The first-order valence-electron chi connectivity index (χ1n) is 8.77. The van der Waals surface area contributed by atoms with E-state index in [1.54, 1.807) is 41.3 Å². The van der Waals surface area contributed by atoms with Gasteiger partial charge in [-0.25, -0.2) is 8.42 Å². The summed E-state index contributed by atoms with van der Waals surface area (Å²) in [6.45, 7) is 2.84. The fourth-order valence-electron chi connectivity index (χ4n) is 2.94. The first kappa shape index (κ1) is 19.2. The normalized spacial score (nSPS) is 15.1. The minimum absolute atomic E-state index is 0.101. The van der Waals surface area contributed by atoms with Gasteiger partial charge in [0.05, 0.1) is 23.3 Å². The molecule has 0 radical (unpaired) electrons. The summed E-state index contributed by atoms with van der Waals surface area (Å²) >= 11 is 0. The highest BCUT2D eigenvalue weighted by atomic mass is 32.2. The third kappa shape index (κ3) is 4.58. The SMILES string of the molecule is COc1ccc(S(=O)(=O)Nc2ccccc2C(=O)N2CCCNCC2)cc1. The average Bonchev–Trinajstić information content (AvgIpc) is 2.97. The molecule has 0 unspecified atom stereocenters. The topological polar surface area (TPSA) is 87.7 Å². The third-order valence-corrected chi connectivity index (χ3v) is 5.78. The van der Waals surface area contributed by atoms with E-state index in [0.717, 1.165) is 19.5 Å². The van der Waals surface area contributed by atoms with Gasteiger partial charge in [0.25, 0.3) is 15.9 Å². The number of anilines is 1. The molecule has 2 aromatic rings. The molecule has 27 heavy (non-hydrogen) atoms. The van der Waals surface area contributed by atoms with Crippen molar-refractivity contribution in [2.75, 3.05) is 38.0 Å². The van der Waals surface area contributed by atoms with E-state index in [1.807, 2.05) is 0 Å². The van der Waals surface area contributed by atoms with Crippen molar-refractivity contribution in [2.45, 2.75) is 11.3 Å². The number of hydrogen-bond acceptors (Lipinski definition) is 5. The van der Waals surface area contributed by atoms with Crippen LogP contribution in [0.1, 0.15) is 16.8 Å². The van der Waals surface area contributed by atoms with Gasteiger partial charge < -0.3 is 15.0 Å². The Morgan fingerprint density at radius 2 is 1.81 bits per heavy atom. The van der Waals surface area contributed by atoms with Gasteiger partial charge in [0.15, 0.2) is 0 Å². The zero-order valence-corrected chi connectivity index (χ0v) is 16.0. The van der Waals surface area contributed by atoms with Crippen LogP contribution in [0.15, 0.2) is 53.4 Å². The van der Waals surface area contributed by atoms with Crippen molar-refractivity contribution in [3.05, 3.63) is 54.1 Å². The highest BCUT2D eigenvalue weighted by molar-refractivity contribution is 7.92. The van der Waals surface area contributed by atoms with Crippen LogP contribution in [0.5, 0.6) is 5.75 Å². The Labute approximate surface area is 159 Å². The number of ether oxygens (including phenoxy) is 1. The van der Waals surface area contributed by atoms with Crippen LogP contribution in [0, 0.1) is 0 Å². The molecule has 0 aliphatic carbocycles. The maximum atomic E-state index is 12.9. The highest BCUT2D eigenvalue weighted by Crippen LogP contribution is 2.23. The number of methoxy groups -OCH3 is 1. The zero-order chi connectivity index (χ0) is 19.3. The number of nitrogens with one attached hydrogen (secondary N) is 2. The zero-order valence-electron chi connectivity index (χ0n) is 15.1. The molecule has 0 bridgehead atoms. The Balaban J connectivity index is 1.85. The predicted molar refractivity (Wildman–Crippen MR) is 104 cm³/mol. The molecule has 1 heterocycles. The fourth-order valence-corrected chi connectivity index (χ4v) is 4.02. The van der Waals surface area contributed by atoms with E-state index in [9.17, 15) is 13.2 Å². The summed E-state index contributed by atoms with van der Waals surface area (Å²) in [5, 5.41) is 3.25. The largest absolute Gasteiger partial charge is 0.497 e. The Kier molecular flexibility index (Phi) is 5.98. The van der Waals surface area contributed by atoms with Gasteiger partial charge in [-0.15, -0.1) is 0 Å². The molecule has 144 valence electrons. The molecule has 3 rings (SSSR count). The van der Waals surface area contributed by atoms with Crippen LogP contribution in [0.3, 0.4) is 0 Å². The minimum atomic E-state index is -3.82. The number of carbonyl (C=O) groups is 1. The predicted octanol–water partition coefficient (Wildman–Crippen LogP) is 1.93. The highest BCUT2D eigenvalue weighted by Gasteiger charge is 2.22. The Morgan fingerprint density at radius 1 is 1.07 bits per heavy atom. The van der Waals surface area contributed by atoms with Crippen molar-refractivity contribution < 1.29 is 17.9 Å². The smallest absolute Gasteiger partial charge is 0.261 e. The number of para-hydroxylation sites is 1. The summed E-state index contributed by atoms with van der Waals surface area (Å²) in [6.07, 6.45) is 0.867. The van der Waals surface area contributed by atoms with Crippen molar-refractivity contribution in [1.82, 2.24) is 10.2 Å². The summed E-state index contributed by atoms with van der Waals surface area (Å²) in [6, 6.07) is 12.8. The van der Waals surface area contributed by atoms with E-state index >= 15 is 0 Å². The molecule has 1 saturated heterocycles. The van der Waals surface area contributed by atoms with E-state index in [0.29, 0.717) is 24.4 Å². The van der Waals surface area contributed by atoms with Crippen LogP contribution in [0.2, 0.25) is 0 Å². The quantitative estimate of drug-likeness (QED) is 0.816. The average molecular weight is 389 g/mol. The lowest BCUT2D eigenvalue weighted by Crippen LogP contribution is -2.34. The van der Waals surface area contributed by atoms with E-state index in [1.165, 1.54) is 19.2 Å². The van der Waals surface area contributed by atoms with E-state index < -0.39 is 10.0 Å². The third-order valence-electron chi connectivity index (χ3n) is 4.40. The molecular weight excluding hydrogens is 366 g/mol. The molecule has 1 amide bonds. The van der Waals surface area contributed by atoms with Gasteiger partial charge in [-0.1, -0.05) is 12.1 Å². The van der Waals surface area contributed by atoms with Gasteiger partial charge >= 0.3 is 0 Å². The van der Waals surface area contributed by atoms with Crippen molar-refractivity contribution in [3.63, 3.8) is 0 Å². The molecule has 0 saturated carbocycles. The second-order valence-electron chi connectivity index (χ2n) is 6.22. The number of benzene rings is 2. The summed E-state index contributed by atoms with van der Waals surface area (Å²) in [7, 11) is -2.31. The second-order valence-corrected chi connectivity index (χ2v) is 7.90. The molecule has 0 atom stereocenters. The molecule has 0 aromatic heterocycles. The van der Waals surface area contributed by atoms with Crippen molar-refractivity contribution in [2.24, 2.45) is 0 Å². The molecule has 7 nitrogen and oxygen atoms in total. The number of sulfonamides is 1. The van der Waals surface area contributed by atoms with Crippen LogP contribution >= 0.6 is 0 Å². The number of rotatable bonds is 5. The van der Waals surface area contributed by atoms with Gasteiger partial charge in [-0.3, -0.25) is 9.52 Å². The number of hydrogen-bond donors (Lipinski definition) is 2. The summed E-state index contributed by atoms with van der Waals surface area (Å²) in [5.74, 6) is 0.394. The first-order valence-corrected chi connectivity index (χ1v) is 10.3. The lowest BCUT2D eigenvalue weighted by Gasteiger charge is -2.21. The second kappa shape index (κ2) is 8.41. The number of amides is 1. The van der Waals surface area contributed by atoms with Crippen LogP contribution in [0.4, 0.5) is 5.69 Å². The lowest BCUT2D eigenvalue weighted by atomic mass is 10.1. The number of nitrogens with zero attached hydrogens (tertiary/aromatic N) is 1. The minimum Gasteiger partial charge on any atom is -0.497 e. The maximum absolute atomic E-state index is 12.9. The lowest BCUT2D eigenvalue weighted by molar-refractivity contribution is 0.0767. The standard InChI is InChI=1S/C19H23N3O4S/c1-26-15-7-9-16(10-8-15)27(24,25)21-18-6-3-2-5-17(18)19(23)22-13-4-11-20-12-14-22/h2-3,5-10,20-21H,4,11-14H2,1H3. The summed E-state index contributed by atoms with van der Waals surface area (Å²) in [4.78, 5) is 14.8. The maximum Gasteiger partial charge on any atom is 0.261 e. The van der Waals surface area contributed by atoms with Gasteiger partial charge in [-0.05, 0) is 49.4 Å². The monoisotopic (exact) mass is 389 g/mol. The molecule has 1 aliphatic heterocycles. The van der Waals surface area contributed by atoms with Gasteiger partial charge in [0.2, 0.25) is 0 Å². The molecule has 8 heteroatoms. The molecular formula is C19H23N3O4S. The van der Waals surface area contributed by atoms with Crippen LogP contribution in [0.25, 0.3) is 0 Å². The van der Waals surface area contributed by atoms with Gasteiger partial charge in [0.1, 0.15) is 5.75 Å². The van der Waals surface area contributed by atoms with Gasteiger partial charge in [-0.2, -0.15) is 0 Å². The van der Waals surface area contributed by atoms with E-state index in [2.05, 4.69) is 10.0 Å². The molecule has 2 aromatic carbocycles. The first-order chi connectivity index (χ1) is 13.0. The van der Waals surface area contributed by atoms with Crippen molar-refractivity contribution >= 4 is 21.6 Å². The molecule has 2 N–H and O–H groups in total. The van der Waals surface area contributed by atoms with E-state index in [-0.39, 0.29) is 16.5 Å². The van der Waals surface area contributed by atoms with Crippen LogP contribution in [-0.2, 0) is 10.0 Å². The molecule has 1 aliphatic rings. The van der Waals surface area contributed by atoms with Gasteiger partial charge in [0, 0.05) is 19.6 Å². The Hall–Kier alpha value is -2.58. The van der Waals surface area contributed by atoms with Crippen LogP contribution < -0.4 is 14.8 Å². The Morgan fingerprint density at radius 3 is 2.56 bits per heavy atom. The fraction of sp³-hybridized carbons (Fsp3) is 0.316. The van der Waals surface area contributed by atoms with Crippen molar-refractivity contribution in [3.8, 4) is 5.75 Å². The Bertz CT molecular complexity index is 889. The van der Waals surface area contributed by atoms with E-state index in [4.69, 9.17) is 4.74 Å². The van der Waals surface area contributed by atoms with Crippen LogP contribution in [-0.4, -0.2) is 52.5 Å². The molecule has 0 spiro atoms. The van der Waals surface area contributed by atoms with Crippen molar-refractivity contribution in [1.29, 1.82) is 0 Å². The summed E-state index contributed by atoms with van der Waals surface area (Å²) in [5.41, 5.74) is 0.618.